The van der Waals surface area contributed by atoms with Crippen LogP contribution in [0.4, 0.5) is 0 Å². The Morgan fingerprint density at radius 3 is 1.13 bits per heavy atom. The fourth-order valence-corrected chi connectivity index (χ4v) is 8.80. The molecule has 0 bridgehead atoms. The predicted molar refractivity (Wildman–Crippen MR) is 274 cm³/mol. The van der Waals surface area contributed by atoms with Crippen LogP contribution in [-0.4, -0.2) is 97.6 Å². The van der Waals surface area contributed by atoms with Crippen molar-refractivity contribution in [2.75, 3.05) is 13.2 Å². The lowest BCUT2D eigenvalue weighted by Crippen LogP contribution is -2.64. The fraction of sp³-hybridized carbons (Fsp3) is 0.262. The zero-order chi connectivity index (χ0) is 51.6. The SMILES string of the molecule is O=C(OC[C@H]1OC(OC[C@H]2O[C@H](O)[C@H](OCc3ccccc3)[C@@H](OCc3ccccc3)[C@@H]2OCc2ccccc2)[C@H](OCc2ccccc2)[C@@H](OC(=O)c2ccccc2)[C@@H]1OC(=O)c1ccccc1)c1ccccc1. The van der Waals surface area contributed by atoms with Gasteiger partial charge in [0, 0.05) is 0 Å². The molecule has 14 nitrogen and oxygen atoms in total. The van der Waals surface area contributed by atoms with Crippen molar-refractivity contribution >= 4 is 17.9 Å². The van der Waals surface area contributed by atoms with E-state index in [-0.39, 0.29) is 49.7 Å². The van der Waals surface area contributed by atoms with Crippen molar-refractivity contribution < 1.29 is 66.9 Å². The molecule has 7 aromatic rings. The van der Waals surface area contributed by atoms with Crippen LogP contribution >= 0.6 is 0 Å². The molecule has 14 heteroatoms. The highest BCUT2D eigenvalue weighted by molar-refractivity contribution is 5.91. The lowest BCUT2D eigenvalue weighted by atomic mass is 9.96. The van der Waals surface area contributed by atoms with Crippen molar-refractivity contribution in [3.8, 4) is 0 Å². The monoisotopic (exact) mass is 1010 g/mol. The largest absolute Gasteiger partial charge is 0.459 e. The molecule has 0 spiro atoms. The minimum atomic E-state index is -1.54. The fourth-order valence-electron chi connectivity index (χ4n) is 8.80. The maximum absolute atomic E-state index is 14.3. The first kappa shape index (κ1) is 52.5. The van der Waals surface area contributed by atoms with Gasteiger partial charge in [-0.2, -0.15) is 0 Å². The van der Waals surface area contributed by atoms with E-state index < -0.39 is 85.9 Å². The number of carbonyl (C=O) groups excluding carboxylic acids is 3. The van der Waals surface area contributed by atoms with Crippen LogP contribution in [-0.2, 0) is 73.8 Å². The Morgan fingerprint density at radius 1 is 0.347 bits per heavy atom. The van der Waals surface area contributed by atoms with Crippen molar-refractivity contribution in [3.63, 3.8) is 0 Å². The smallest absolute Gasteiger partial charge is 0.338 e. The molecule has 2 fully saturated rings. The summed E-state index contributed by atoms with van der Waals surface area (Å²) in [6.45, 7) is -0.435. The van der Waals surface area contributed by atoms with E-state index in [4.69, 9.17) is 47.4 Å². The number of esters is 3. The first-order valence-electron chi connectivity index (χ1n) is 24.8. The highest BCUT2D eigenvalue weighted by atomic mass is 16.7. The highest BCUT2D eigenvalue weighted by Crippen LogP contribution is 2.35. The summed E-state index contributed by atoms with van der Waals surface area (Å²) in [4.78, 5) is 42.0. The Kier molecular flexibility index (Phi) is 18.7. The number of ether oxygens (including phenoxy) is 10. The summed E-state index contributed by atoms with van der Waals surface area (Å²) in [5.74, 6) is -2.21. The number of hydrogen-bond acceptors (Lipinski definition) is 14. The number of hydrogen-bond donors (Lipinski definition) is 1. The number of benzene rings is 7. The molecule has 1 N–H and O–H groups in total. The van der Waals surface area contributed by atoms with Crippen molar-refractivity contribution in [1.82, 2.24) is 0 Å². The van der Waals surface area contributed by atoms with Crippen molar-refractivity contribution in [2.45, 2.75) is 87.8 Å². The molecule has 0 radical (unpaired) electrons. The second-order valence-corrected chi connectivity index (χ2v) is 17.9. The number of aliphatic hydroxyl groups excluding tert-OH is 1. The molecule has 2 aliphatic rings. The number of rotatable bonds is 22. The average molecular weight is 1020 g/mol. The molecule has 386 valence electrons. The first-order valence-corrected chi connectivity index (χ1v) is 24.8. The maximum Gasteiger partial charge on any atom is 0.338 e. The Labute approximate surface area is 435 Å². The van der Waals surface area contributed by atoms with E-state index in [2.05, 4.69) is 0 Å². The number of carbonyl (C=O) groups is 3. The van der Waals surface area contributed by atoms with Gasteiger partial charge in [-0.1, -0.05) is 176 Å². The third kappa shape index (κ3) is 14.5. The third-order valence-electron chi connectivity index (χ3n) is 12.7. The van der Waals surface area contributed by atoms with Gasteiger partial charge in [-0.15, -0.1) is 0 Å². The Hall–Kier alpha value is -7.37. The van der Waals surface area contributed by atoms with Crippen LogP contribution in [0.15, 0.2) is 212 Å². The van der Waals surface area contributed by atoms with E-state index in [1.54, 1.807) is 91.0 Å². The second kappa shape index (κ2) is 26.7. The molecular weight excluding hydrogens is 957 g/mol. The first-order chi connectivity index (χ1) is 36.9. The minimum absolute atomic E-state index is 0.0294. The molecular formula is C61H58O14. The van der Waals surface area contributed by atoms with Gasteiger partial charge in [0.05, 0.1) is 49.7 Å². The topological polar surface area (TPSA) is 164 Å². The van der Waals surface area contributed by atoms with Crippen molar-refractivity contribution in [1.29, 1.82) is 0 Å². The standard InChI is InChI=1S/C61H58O14/c62-57(46-30-16-5-17-31-46)70-40-50-52(74-58(63)47-32-18-6-19-33-47)54(75-59(64)48-34-20-7-21-35-48)56(69-39-45-28-14-4-15-29-45)61(73-50)71-41-49-51(66-36-42-22-8-1-9-23-42)53(67-37-43-24-10-2-11-25-43)55(60(65)72-49)68-38-44-26-12-3-13-27-44/h1-35,49-56,60-61,65H,36-41H2/t49-,50-,51-,52-,53+,54+,55-,56-,60+,61?/m1/s1. The van der Waals surface area contributed by atoms with Crippen LogP contribution in [0.25, 0.3) is 0 Å². The van der Waals surface area contributed by atoms with Crippen LogP contribution in [0, 0.1) is 0 Å². The van der Waals surface area contributed by atoms with E-state index in [9.17, 15) is 19.5 Å². The normalized spacial score (nSPS) is 23.4. The van der Waals surface area contributed by atoms with Gasteiger partial charge >= 0.3 is 17.9 Å². The molecule has 2 heterocycles. The quantitative estimate of drug-likeness (QED) is 0.0505. The lowest BCUT2D eigenvalue weighted by Gasteiger charge is -2.47. The summed E-state index contributed by atoms with van der Waals surface area (Å²) in [6.07, 6.45) is -12.5. The zero-order valence-corrected chi connectivity index (χ0v) is 41.0. The van der Waals surface area contributed by atoms with E-state index in [1.807, 2.05) is 121 Å². The van der Waals surface area contributed by atoms with E-state index >= 15 is 0 Å². The van der Waals surface area contributed by atoms with Gasteiger partial charge in [0.1, 0.15) is 43.2 Å². The molecule has 9 rings (SSSR count). The Morgan fingerprint density at radius 2 is 0.693 bits per heavy atom. The van der Waals surface area contributed by atoms with Gasteiger partial charge < -0.3 is 52.5 Å². The molecule has 1 unspecified atom stereocenters. The highest BCUT2D eigenvalue weighted by Gasteiger charge is 2.54. The van der Waals surface area contributed by atoms with Crippen molar-refractivity contribution in [2.24, 2.45) is 0 Å². The van der Waals surface area contributed by atoms with Gasteiger partial charge in [-0.25, -0.2) is 14.4 Å². The van der Waals surface area contributed by atoms with Crippen LogP contribution in [0.2, 0.25) is 0 Å². The van der Waals surface area contributed by atoms with Gasteiger partial charge in [-0.3, -0.25) is 0 Å². The molecule has 0 aromatic heterocycles. The van der Waals surface area contributed by atoms with Crippen molar-refractivity contribution in [3.05, 3.63) is 251 Å². The summed E-state index contributed by atoms with van der Waals surface area (Å²) in [7, 11) is 0. The van der Waals surface area contributed by atoms with Crippen LogP contribution in [0.1, 0.15) is 53.3 Å². The molecule has 2 saturated heterocycles. The van der Waals surface area contributed by atoms with Crippen LogP contribution in [0.3, 0.4) is 0 Å². The molecule has 75 heavy (non-hydrogen) atoms. The van der Waals surface area contributed by atoms with E-state index in [0.29, 0.717) is 0 Å². The number of aliphatic hydroxyl groups is 1. The van der Waals surface area contributed by atoms with Gasteiger partial charge in [0.2, 0.25) is 0 Å². The lowest BCUT2D eigenvalue weighted by molar-refractivity contribution is -0.341. The minimum Gasteiger partial charge on any atom is -0.459 e. The zero-order valence-electron chi connectivity index (χ0n) is 41.0. The predicted octanol–water partition coefficient (Wildman–Crippen LogP) is 9.09. The third-order valence-corrected chi connectivity index (χ3v) is 12.7. The molecule has 10 atom stereocenters. The molecule has 2 aliphatic heterocycles. The van der Waals surface area contributed by atoms with Gasteiger partial charge in [0.15, 0.2) is 24.8 Å². The van der Waals surface area contributed by atoms with E-state index in [0.717, 1.165) is 22.3 Å². The Bertz CT molecular complexity index is 2810. The molecule has 7 aromatic carbocycles. The summed E-state index contributed by atoms with van der Waals surface area (Å²) in [5, 5.41) is 12.0. The second-order valence-electron chi connectivity index (χ2n) is 17.9. The molecule has 0 saturated carbocycles. The van der Waals surface area contributed by atoms with E-state index in [1.165, 1.54) is 0 Å². The summed E-state index contributed by atoms with van der Waals surface area (Å²) < 4.78 is 65.1. The summed E-state index contributed by atoms with van der Waals surface area (Å²) >= 11 is 0. The molecule has 0 amide bonds. The van der Waals surface area contributed by atoms with Gasteiger partial charge in [0.25, 0.3) is 0 Å². The molecule has 0 aliphatic carbocycles. The van der Waals surface area contributed by atoms with Gasteiger partial charge in [-0.05, 0) is 58.7 Å². The average Bonchev–Trinajstić information content (AvgIpc) is 3.46. The van der Waals surface area contributed by atoms with Crippen LogP contribution in [0.5, 0.6) is 0 Å². The van der Waals surface area contributed by atoms with Crippen LogP contribution < -0.4 is 0 Å². The Balaban J connectivity index is 1.07. The maximum atomic E-state index is 14.3. The summed E-state index contributed by atoms with van der Waals surface area (Å²) in [6, 6.07) is 63.0. The summed E-state index contributed by atoms with van der Waals surface area (Å²) in [5.41, 5.74) is 4.04.